The highest BCUT2D eigenvalue weighted by molar-refractivity contribution is 5.30. The molecule has 102 valence electrons. The van der Waals surface area contributed by atoms with Crippen LogP contribution in [0.4, 0.5) is 4.39 Å². The van der Waals surface area contributed by atoms with E-state index >= 15 is 0 Å². The summed E-state index contributed by atoms with van der Waals surface area (Å²) in [5.74, 6) is 0.468. The molecule has 0 spiro atoms. The van der Waals surface area contributed by atoms with Crippen molar-refractivity contribution in [2.45, 2.75) is 53.0 Å². The fraction of sp³-hybridized carbons (Fsp3) is 0.625. The van der Waals surface area contributed by atoms with E-state index in [4.69, 9.17) is 0 Å². The lowest BCUT2D eigenvalue weighted by atomic mass is 9.86. The molecule has 1 atom stereocenters. The topological polar surface area (TPSA) is 12.0 Å². The van der Waals surface area contributed by atoms with Gasteiger partial charge in [-0.25, -0.2) is 4.39 Å². The third-order valence-electron chi connectivity index (χ3n) is 3.70. The van der Waals surface area contributed by atoms with Crippen LogP contribution in [0.3, 0.4) is 0 Å². The second kappa shape index (κ2) is 7.52. The monoisotopic (exact) mass is 251 g/mol. The third-order valence-corrected chi connectivity index (χ3v) is 3.70. The van der Waals surface area contributed by atoms with Crippen LogP contribution >= 0.6 is 0 Å². The molecule has 1 unspecified atom stereocenters. The smallest absolute Gasteiger partial charge is 0.123 e. The van der Waals surface area contributed by atoms with Gasteiger partial charge in [0, 0.05) is 6.04 Å². The van der Waals surface area contributed by atoms with E-state index in [1.165, 1.54) is 5.56 Å². The van der Waals surface area contributed by atoms with Gasteiger partial charge in [-0.05, 0) is 49.1 Å². The second-order valence-corrected chi connectivity index (χ2v) is 5.01. The molecular weight excluding hydrogens is 225 g/mol. The van der Waals surface area contributed by atoms with Crippen LogP contribution in [0.5, 0.6) is 0 Å². The average molecular weight is 251 g/mol. The quantitative estimate of drug-likeness (QED) is 0.746. The Hall–Kier alpha value is -0.890. The van der Waals surface area contributed by atoms with Gasteiger partial charge in [0.2, 0.25) is 0 Å². The van der Waals surface area contributed by atoms with Gasteiger partial charge in [0.05, 0.1) is 0 Å². The minimum atomic E-state index is -0.143. The second-order valence-electron chi connectivity index (χ2n) is 5.01. The Morgan fingerprint density at radius 2 is 1.83 bits per heavy atom. The molecule has 0 fully saturated rings. The lowest BCUT2D eigenvalue weighted by Gasteiger charge is -2.28. The predicted molar refractivity (Wildman–Crippen MR) is 76.2 cm³/mol. The molecule has 0 saturated heterocycles. The Bertz CT molecular complexity index is 358. The first kappa shape index (κ1) is 15.2. The van der Waals surface area contributed by atoms with Crippen LogP contribution < -0.4 is 5.32 Å². The normalized spacial score (nSPS) is 13.0. The van der Waals surface area contributed by atoms with E-state index in [2.05, 4.69) is 26.1 Å². The molecule has 1 rings (SSSR count). The van der Waals surface area contributed by atoms with Crippen LogP contribution in [-0.4, -0.2) is 6.54 Å². The molecule has 0 heterocycles. The van der Waals surface area contributed by atoms with Crippen LogP contribution in [-0.2, 0) is 0 Å². The lowest BCUT2D eigenvalue weighted by Crippen LogP contribution is -2.29. The van der Waals surface area contributed by atoms with E-state index in [-0.39, 0.29) is 5.82 Å². The van der Waals surface area contributed by atoms with Gasteiger partial charge < -0.3 is 5.32 Å². The first-order valence-electron chi connectivity index (χ1n) is 7.13. The van der Waals surface area contributed by atoms with Gasteiger partial charge in [0.1, 0.15) is 5.82 Å². The number of benzene rings is 1. The van der Waals surface area contributed by atoms with E-state index in [9.17, 15) is 4.39 Å². The fourth-order valence-corrected chi connectivity index (χ4v) is 2.58. The highest BCUT2D eigenvalue weighted by Crippen LogP contribution is 2.29. The highest BCUT2D eigenvalue weighted by atomic mass is 19.1. The average Bonchev–Trinajstić information content (AvgIpc) is 2.35. The van der Waals surface area contributed by atoms with Gasteiger partial charge in [0.15, 0.2) is 0 Å². The summed E-state index contributed by atoms with van der Waals surface area (Å²) in [6.45, 7) is 9.65. The molecular formula is C16H26FN. The van der Waals surface area contributed by atoms with Crippen LogP contribution in [0.25, 0.3) is 0 Å². The Morgan fingerprint density at radius 3 is 2.33 bits per heavy atom. The number of halogens is 1. The Balaban J connectivity index is 3.00. The standard InChI is InChI=1S/C16H26FN/c1-5-10-18-16(13(6-2)7-3)15-9-8-14(17)11-12(15)4/h8-9,11,13,16,18H,5-7,10H2,1-4H3. The highest BCUT2D eigenvalue weighted by Gasteiger charge is 2.21. The summed E-state index contributed by atoms with van der Waals surface area (Å²) >= 11 is 0. The van der Waals surface area contributed by atoms with Crippen molar-refractivity contribution in [1.82, 2.24) is 5.32 Å². The van der Waals surface area contributed by atoms with Gasteiger partial charge in [-0.2, -0.15) is 0 Å². The zero-order valence-corrected chi connectivity index (χ0v) is 12.1. The van der Waals surface area contributed by atoms with Crippen molar-refractivity contribution in [3.05, 3.63) is 35.1 Å². The van der Waals surface area contributed by atoms with Crippen molar-refractivity contribution in [2.24, 2.45) is 5.92 Å². The van der Waals surface area contributed by atoms with Crippen molar-refractivity contribution in [3.63, 3.8) is 0 Å². The summed E-state index contributed by atoms with van der Waals surface area (Å²) in [5.41, 5.74) is 2.30. The van der Waals surface area contributed by atoms with Gasteiger partial charge in [-0.1, -0.05) is 39.7 Å². The minimum Gasteiger partial charge on any atom is -0.310 e. The summed E-state index contributed by atoms with van der Waals surface area (Å²) < 4.78 is 13.2. The molecule has 0 bridgehead atoms. The fourth-order valence-electron chi connectivity index (χ4n) is 2.58. The molecule has 18 heavy (non-hydrogen) atoms. The first-order chi connectivity index (χ1) is 8.63. The van der Waals surface area contributed by atoms with Crippen LogP contribution in [0.1, 0.15) is 57.2 Å². The zero-order chi connectivity index (χ0) is 13.5. The predicted octanol–water partition coefficient (Wildman–Crippen LogP) is 4.61. The Kier molecular flexibility index (Phi) is 6.34. The van der Waals surface area contributed by atoms with E-state index in [0.29, 0.717) is 12.0 Å². The van der Waals surface area contributed by atoms with Gasteiger partial charge in [-0.3, -0.25) is 0 Å². The van der Waals surface area contributed by atoms with Crippen molar-refractivity contribution in [1.29, 1.82) is 0 Å². The van der Waals surface area contributed by atoms with Crippen molar-refractivity contribution < 1.29 is 4.39 Å². The maximum absolute atomic E-state index is 13.2. The SMILES string of the molecule is CCCNC(c1ccc(F)cc1C)C(CC)CC. The molecule has 1 N–H and O–H groups in total. The molecule has 1 aromatic carbocycles. The molecule has 1 nitrogen and oxygen atoms in total. The molecule has 0 aliphatic heterocycles. The molecule has 0 radical (unpaired) electrons. The lowest BCUT2D eigenvalue weighted by molar-refractivity contribution is 0.340. The molecule has 1 aromatic rings. The number of hydrogen-bond acceptors (Lipinski definition) is 1. The Labute approximate surface area is 111 Å². The van der Waals surface area contributed by atoms with Crippen LogP contribution in [0, 0.1) is 18.7 Å². The van der Waals surface area contributed by atoms with Crippen LogP contribution in [0.2, 0.25) is 0 Å². The molecule has 2 heteroatoms. The summed E-state index contributed by atoms with van der Waals surface area (Å²) in [6.07, 6.45) is 3.42. The molecule has 0 amide bonds. The van der Waals surface area contributed by atoms with Crippen molar-refractivity contribution >= 4 is 0 Å². The van der Waals surface area contributed by atoms with Gasteiger partial charge in [0.25, 0.3) is 0 Å². The number of nitrogens with one attached hydrogen (secondary N) is 1. The number of aryl methyl sites for hydroxylation is 1. The first-order valence-corrected chi connectivity index (χ1v) is 7.13. The maximum Gasteiger partial charge on any atom is 0.123 e. The summed E-state index contributed by atoms with van der Waals surface area (Å²) in [4.78, 5) is 0. The Morgan fingerprint density at radius 1 is 1.17 bits per heavy atom. The van der Waals surface area contributed by atoms with E-state index in [0.717, 1.165) is 31.4 Å². The zero-order valence-electron chi connectivity index (χ0n) is 12.1. The minimum absolute atomic E-state index is 0.143. The summed E-state index contributed by atoms with van der Waals surface area (Å²) in [5, 5.41) is 3.63. The van der Waals surface area contributed by atoms with Crippen LogP contribution in [0.15, 0.2) is 18.2 Å². The molecule has 0 saturated carbocycles. The summed E-state index contributed by atoms with van der Waals surface area (Å²) in [6, 6.07) is 5.50. The van der Waals surface area contributed by atoms with Crippen molar-refractivity contribution in [3.8, 4) is 0 Å². The van der Waals surface area contributed by atoms with Gasteiger partial charge in [-0.15, -0.1) is 0 Å². The van der Waals surface area contributed by atoms with Crippen molar-refractivity contribution in [2.75, 3.05) is 6.54 Å². The summed E-state index contributed by atoms with van der Waals surface area (Å²) in [7, 11) is 0. The van der Waals surface area contributed by atoms with E-state index in [1.54, 1.807) is 12.1 Å². The third kappa shape index (κ3) is 3.81. The largest absolute Gasteiger partial charge is 0.310 e. The molecule has 0 aliphatic rings. The van der Waals surface area contributed by atoms with E-state index < -0.39 is 0 Å². The molecule has 0 aliphatic carbocycles. The van der Waals surface area contributed by atoms with Gasteiger partial charge >= 0.3 is 0 Å². The molecule has 0 aromatic heterocycles. The van der Waals surface area contributed by atoms with E-state index in [1.807, 2.05) is 13.0 Å². The maximum atomic E-state index is 13.2. The number of hydrogen-bond donors (Lipinski definition) is 1. The number of rotatable bonds is 7.